The molecule has 1 unspecified atom stereocenters. The Balaban J connectivity index is 1.67. The molecule has 4 heterocycles. The van der Waals surface area contributed by atoms with Crippen LogP contribution in [0.15, 0.2) is 0 Å². The molecule has 0 aromatic rings. The third-order valence-electron chi connectivity index (χ3n) is 8.42. The summed E-state index contributed by atoms with van der Waals surface area (Å²) in [5, 5.41) is 106. The first-order valence-electron chi connectivity index (χ1n) is 14.7. The lowest BCUT2D eigenvalue weighted by Gasteiger charge is -2.50. The van der Waals surface area contributed by atoms with Crippen LogP contribution in [0, 0.1) is 0 Å². The van der Waals surface area contributed by atoms with Crippen molar-refractivity contribution in [3.63, 3.8) is 0 Å². The van der Waals surface area contributed by atoms with Crippen molar-refractivity contribution >= 4 is 5.91 Å². The predicted molar refractivity (Wildman–Crippen MR) is 141 cm³/mol. The van der Waals surface area contributed by atoms with Gasteiger partial charge < -0.3 is 89.5 Å². The lowest BCUT2D eigenvalue weighted by molar-refractivity contribution is -0.387. The Morgan fingerprint density at radius 2 is 1.29 bits per heavy atom. The van der Waals surface area contributed by atoms with Crippen LogP contribution in [0.2, 0.25) is 0 Å². The minimum absolute atomic E-state index is 0.230. The number of carbonyl (C=O) groups is 1. The molecule has 0 radical (unpaired) electrons. The lowest BCUT2D eigenvalue weighted by Crippen LogP contribution is -2.69. The van der Waals surface area contributed by atoms with Crippen LogP contribution in [0.1, 0.15) is 27.2 Å². The number of ether oxygens (including phenoxy) is 7. The van der Waals surface area contributed by atoms with Crippen LogP contribution in [0.5, 0.6) is 0 Å². The summed E-state index contributed by atoms with van der Waals surface area (Å²) in [6.07, 6.45) is -27.3. The van der Waals surface area contributed by atoms with Crippen LogP contribution in [0.3, 0.4) is 0 Å². The fraction of sp³-hybridized carbons (Fsp3) is 0.962. The van der Waals surface area contributed by atoms with Gasteiger partial charge in [-0.25, -0.2) is 0 Å². The highest BCUT2D eigenvalue weighted by Gasteiger charge is 2.55. The normalized spacial score (nSPS) is 51.1. The Labute approximate surface area is 257 Å². The van der Waals surface area contributed by atoms with Crippen molar-refractivity contribution in [3.05, 3.63) is 0 Å². The van der Waals surface area contributed by atoms with Gasteiger partial charge in [-0.3, -0.25) is 4.79 Å². The maximum Gasteiger partial charge on any atom is 0.217 e. The molecule has 45 heavy (non-hydrogen) atoms. The summed E-state index contributed by atoms with van der Waals surface area (Å²) in [5.41, 5.74) is 0. The first-order valence-corrected chi connectivity index (χ1v) is 14.7. The summed E-state index contributed by atoms with van der Waals surface area (Å²) in [7, 11) is 0. The van der Waals surface area contributed by atoms with Gasteiger partial charge in [0.05, 0.1) is 31.5 Å². The number of aliphatic hydroxyl groups is 10. The molecule has 19 atom stereocenters. The van der Waals surface area contributed by atoms with Gasteiger partial charge in [0, 0.05) is 13.3 Å². The first-order chi connectivity index (χ1) is 21.2. The molecule has 4 fully saturated rings. The van der Waals surface area contributed by atoms with E-state index in [9.17, 15) is 55.9 Å². The molecule has 0 spiro atoms. The van der Waals surface area contributed by atoms with E-state index in [4.69, 9.17) is 33.2 Å². The van der Waals surface area contributed by atoms with Crippen molar-refractivity contribution in [1.82, 2.24) is 5.32 Å². The summed E-state index contributed by atoms with van der Waals surface area (Å²) < 4.78 is 40.2. The minimum Gasteiger partial charge on any atom is -0.394 e. The first kappa shape index (κ1) is 36.6. The van der Waals surface area contributed by atoms with E-state index in [1.807, 2.05) is 0 Å². The van der Waals surface area contributed by atoms with Gasteiger partial charge in [-0.1, -0.05) is 0 Å². The second-order valence-corrected chi connectivity index (χ2v) is 11.7. The molecule has 0 aromatic heterocycles. The Bertz CT molecular complexity index is 953. The van der Waals surface area contributed by atoms with Gasteiger partial charge in [0.1, 0.15) is 73.2 Å². The Hall–Kier alpha value is -1.21. The minimum atomic E-state index is -1.88. The average Bonchev–Trinajstić information content (AvgIpc) is 2.99. The van der Waals surface area contributed by atoms with E-state index in [1.165, 1.54) is 13.8 Å². The van der Waals surface area contributed by atoms with Gasteiger partial charge in [0.25, 0.3) is 0 Å². The predicted octanol–water partition coefficient (Wildman–Crippen LogP) is -6.52. The summed E-state index contributed by atoms with van der Waals surface area (Å²) in [4.78, 5) is 12.2. The summed E-state index contributed by atoms with van der Waals surface area (Å²) in [5.74, 6) is -0.653. The lowest BCUT2D eigenvalue weighted by atomic mass is 9.94. The third-order valence-corrected chi connectivity index (χ3v) is 8.42. The zero-order valence-corrected chi connectivity index (χ0v) is 24.8. The molecule has 0 aromatic carbocycles. The van der Waals surface area contributed by atoms with Crippen LogP contribution >= 0.6 is 0 Å². The molecule has 4 rings (SSSR count). The Kier molecular flexibility index (Phi) is 12.5. The maximum absolute atomic E-state index is 12.2. The van der Waals surface area contributed by atoms with E-state index in [2.05, 4.69) is 5.32 Å². The number of aliphatic hydroxyl groups excluding tert-OH is 10. The zero-order chi connectivity index (χ0) is 33.3. The summed E-state index contributed by atoms with van der Waals surface area (Å²) in [6.45, 7) is 2.44. The van der Waals surface area contributed by atoms with Crippen LogP contribution in [-0.2, 0) is 38.0 Å². The van der Waals surface area contributed by atoms with E-state index < -0.39 is 136 Å². The molecule has 19 heteroatoms. The zero-order valence-electron chi connectivity index (χ0n) is 24.8. The molecule has 262 valence electrons. The second kappa shape index (κ2) is 15.3. The van der Waals surface area contributed by atoms with Gasteiger partial charge in [0.2, 0.25) is 5.91 Å². The van der Waals surface area contributed by atoms with E-state index in [1.54, 1.807) is 0 Å². The maximum atomic E-state index is 12.2. The SMILES string of the molecule is CC(=O)N[C@H]1C(O)O[C@H](CO)[C@@H](O[C@H]2C[C@H](O)[C@H](O)[C@H](C)O2)[C@@H]1O[C@@H]1O[C@H](CO)[C@H](O)[C@H](O)[C@H]1O[C@@H]1O[C@@H](C)[C@@H](O)[C@@H](O)[C@@H]1O. The van der Waals surface area contributed by atoms with Crippen molar-refractivity contribution in [2.75, 3.05) is 13.2 Å². The Morgan fingerprint density at radius 1 is 0.667 bits per heavy atom. The highest BCUT2D eigenvalue weighted by atomic mass is 16.8. The van der Waals surface area contributed by atoms with Crippen molar-refractivity contribution in [1.29, 1.82) is 0 Å². The third kappa shape index (κ3) is 7.92. The molecule has 4 aliphatic rings. The molecule has 11 N–H and O–H groups in total. The number of nitrogens with one attached hydrogen (secondary N) is 1. The largest absolute Gasteiger partial charge is 0.394 e. The smallest absolute Gasteiger partial charge is 0.217 e. The quantitative estimate of drug-likeness (QED) is 0.110. The topological polar surface area (TPSA) is 296 Å². The van der Waals surface area contributed by atoms with Crippen LogP contribution in [0.25, 0.3) is 0 Å². The van der Waals surface area contributed by atoms with Gasteiger partial charge in [-0.15, -0.1) is 0 Å². The van der Waals surface area contributed by atoms with Crippen molar-refractivity contribution in [3.8, 4) is 0 Å². The van der Waals surface area contributed by atoms with Gasteiger partial charge in [-0.05, 0) is 13.8 Å². The Morgan fingerprint density at radius 3 is 1.89 bits per heavy atom. The molecule has 0 aliphatic carbocycles. The van der Waals surface area contributed by atoms with E-state index in [0.29, 0.717) is 0 Å². The van der Waals surface area contributed by atoms with Crippen LogP contribution in [0.4, 0.5) is 0 Å². The van der Waals surface area contributed by atoms with Gasteiger partial charge in [-0.2, -0.15) is 0 Å². The number of hydrogen-bond donors (Lipinski definition) is 11. The molecular formula is C26H45NO18. The summed E-state index contributed by atoms with van der Waals surface area (Å²) in [6, 6.07) is -1.44. The van der Waals surface area contributed by atoms with Crippen LogP contribution in [-0.4, -0.2) is 187 Å². The number of rotatable bonds is 9. The standard InChI is InChI=1S/C26H45NO18/c1-7-15(32)10(31)4-13(39-7)43-21-12(6-29)41-24(38)14(27-9(3)30)22(21)44-26-23(19(36)17(34)11(5-28)42-26)45-25-20(37)18(35)16(33)8(2)40-25/h7-8,10-26,28-29,31-38H,4-6H2,1-3H3,(H,27,30)/t7-,8-,10-,11+,12+,13-,14+,15+,16+,17-,18+,19-,20-,21+,22+,23+,24?,25-,26-/m0/s1. The highest BCUT2D eigenvalue weighted by molar-refractivity contribution is 5.73. The fourth-order valence-electron chi connectivity index (χ4n) is 5.82. The van der Waals surface area contributed by atoms with E-state index >= 15 is 0 Å². The molecule has 4 saturated heterocycles. The fourth-order valence-corrected chi connectivity index (χ4v) is 5.82. The molecule has 0 bridgehead atoms. The molecule has 19 nitrogen and oxygen atoms in total. The molecular weight excluding hydrogens is 614 g/mol. The average molecular weight is 660 g/mol. The second-order valence-electron chi connectivity index (χ2n) is 11.7. The molecule has 4 aliphatic heterocycles. The molecule has 1 amide bonds. The number of amides is 1. The summed E-state index contributed by atoms with van der Waals surface area (Å²) >= 11 is 0. The van der Waals surface area contributed by atoms with E-state index in [0.717, 1.165) is 6.92 Å². The number of hydrogen-bond acceptors (Lipinski definition) is 18. The van der Waals surface area contributed by atoms with E-state index in [-0.39, 0.29) is 6.42 Å². The van der Waals surface area contributed by atoms with Crippen molar-refractivity contribution in [2.24, 2.45) is 0 Å². The van der Waals surface area contributed by atoms with Crippen molar-refractivity contribution in [2.45, 2.75) is 144 Å². The van der Waals surface area contributed by atoms with Gasteiger partial charge >= 0.3 is 0 Å². The molecule has 0 saturated carbocycles. The number of carbonyl (C=O) groups excluding carboxylic acids is 1. The highest BCUT2D eigenvalue weighted by Crippen LogP contribution is 2.35. The van der Waals surface area contributed by atoms with Crippen LogP contribution < -0.4 is 5.32 Å². The van der Waals surface area contributed by atoms with Gasteiger partial charge in [0.15, 0.2) is 25.2 Å². The monoisotopic (exact) mass is 659 g/mol. The van der Waals surface area contributed by atoms with Crippen molar-refractivity contribution < 1.29 is 89.0 Å².